The number of unbranched alkanes of at least 4 members (excludes halogenated alkanes) is 1. The van der Waals surface area contributed by atoms with Gasteiger partial charge in [0.2, 0.25) is 5.91 Å². The van der Waals surface area contributed by atoms with E-state index in [1.807, 2.05) is 6.92 Å². The van der Waals surface area contributed by atoms with E-state index >= 15 is 0 Å². The highest BCUT2D eigenvalue weighted by Gasteiger charge is 2.31. The maximum Gasteiger partial charge on any atom is 0.308 e. The summed E-state index contributed by atoms with van der Waals surface area (Å²) in [5.74, 6) is -0.847. The fraction of sp³-hybridized carbons (Fsp3) is 0.692. The Bertz CT molecular complexity index is 301. The lowest BCUT2D eigenvalue weighted by molar-refractivity contribution is -0.146. The van der Waals surface area contributed by atoms with E-state index < -0.39 is 11.9 Å². The molecule has 0 aromatic carbocycles. The summed E-state index contributed by atoms with van der Waals surface area (Å²) in [6.07, 6.45) is 4.59. The molecule has 0 radical (unpaired) electrons. The topological polar surface area (TPSA) is 57.6 Å². The van der Waals surface area contributed by atoms with E-state index in [-0.39, 0.29) is 11.8 Å². The van der Waals surface area contributed by atoms with Crippen LogP contribution in [-0.2, 0) is 9.59 Å². The van der Waals surface area contributed by atoms with E-state index in [1.54, 1.807) is 11.0 Å². The van der Waals surface area contributed by atoms with Gasteiger partial charge in [-0.1, -0.05) is 13.0 Å². The van der Waals surface area contributed by atoms with Crippen molar-refractivity contribution in [2.24, 2.45) is 11.8 Å². The number of carboxylic acids is 1. The van der Waals surface area contributed by atoms with Crippen molar-refractivity contribution in [2.75, 3.05) is 13.1 Å². The predicted molar refractivity (Wildman–Crippen MR) is 65.5 cm³/mol. The number of nitrogens with zero attached hydrogens (tertiary/aromatic N) is 1. The number of amides is 1. The minimum atomic E-state index is -0.791. The van der Waals surface area contributed by atoms with Crippen molar-refractivity contribution in [3.63, 3.8) is 0 Å². The summed E-state index contributed by atoms with van der Waals surface area (Å²) in [7, 11) is 0. The van der Waals surface area contributed by atoms with Gasteiger partial charge in [-0.3, -0.25) is 9.59 Å². The minimum Gasteiger partial charge on any atom is -0.481 e. The van der Waals surface area contributed by atoms with E-state index in [4.69, 9.17) is 5.11 Å². The zero-order valence-electron chi connectivity index (χ0n) is 10.4. The molecule has 1 fully saturated rings. The van der Waals surface area contributed by atoms with Crippen LogP contribution < -0.4 is 0 Å². The molecule has 96 valence electrons. The smallest absolute Gasteiger partial charge is 0.308 e. The van der Waals surface area contributed by atoms with Crippen LogP contribution in [0.2, 0.25) is 0 Å². The Balaban J connectivity index is 2.48. The van der Waals surface area contributed by atoms with E-state index in [2.05, 4.69) is 6.58 Å². The van der Waals surface area contributed by atoms with Crippen molar-refractivity contribution < 1.29 is 14.7 Å². The lowest BCUT2D eigenvalue weighted by atomic mass is 9.90. The molecule has 4 heteroatoms. The van der Waals surface area contributed by atoms with Crippen LogP contribution >= 0.6 is 0 Å². The number of piperidine rings is 1. The average molecular weight is 239 g/mol. The normalized spacial score (nSPS) is 24.4. The van der Waals surface area contributed by atoms with Gasteiger partial charge >= 0.3 is 5.97 Å². The molecule has 0 aromatic rings. The third kappa shape index (κ3) is 4.21. The number of rotatable bonds is 5. The second kappa shape index (κ2) is 6.42. The van der Waals surface area contributed by atoms with Gasteiger partial charge in [-0.05, 0) is 25.2 Å². The Morgan fingerprint density at radius 1 is 1.47 bits per heavy atom. The second-order valence-electron chi connectivity index (χ2n) is 4.86. The van der Waals surface area contributed by atoms with Gasteiger partial charge in [-0.2, -0.15) is 0 Å². The highest BCUT2D eigenvalue weighted by molar-refractivity contribution is 5.78. The van der Waals surface area contributed by atoms with Crippen molar-refractivity contribution in [3.8, 4) is 0 Å². The van der Waals surface area contributed by atoms with Gasteiger partial charge in [0.05, 0.1) is 5.92 Å². The Kier molecular flexibility index (Phi) is 5.19. The molecule has 4 nitrogen and oxygen atoms in total. The fourth-order valence-corrected chi connectivity index (χ4v) is 2.29. The monoisotopic (exact) mass is 239 g/mol. The van der Waals surface area contributed by atoms with Crippen LogP contribution in [-0.4, -0.2) is 35.0 Å². The number of hydrogen-bond acceptors (Lipinski definition) is 2. The zero-order chi connectivity index (χ0) is 12.8. The molecule has 1 rings (SSSR count). The Morgan fingerprint density at radius 3 is 2.76 bits per heavy atom. The van der Waals surface area contributed by atoms with Crippen molar-refractivity contribution in [3.05, 3.63) is 12.7 Å². The molecule has 0 aliphatic carbocycles. The van der Waals surface area contributed by atoms with Crippen molar-refractivity contribution >= 4 is 11.9 Å². The molecule has 2 unspecified atom stereocenters. The SMILES string of the molecule is C=CCCCC(=O)N1CC(C)CC(C(=O)O)C1. The number of hydrogen-bond donors (Lipinski definition) is 1. The first-order valence-electron chi connectivity index (χ1n) is 6.16. The number of carbonyl (C=O) groups excluding carboxylic acids is 1. The zero-order valence-corrected chi connectivity index (χ0v) is 10.4. The fourth-order valence-electron chi connectivity index (χ4n) is 2.29. The summed E-state index contributed by atoms with van der Waals surface area (Å²) < 4.78 is 0. The Morgan fingerprint density at radius 2 is 2.18 bits per heavy atom. The summed E-state index contributed by atoms with van der Waals surface area (Å²) in [5.41, 5.74) is 0. The Hall–Kier alpha value is -1.32. The first-order valence-corrected chi connectivity index (χ1v) is 6.16. The summed E-state index contributed by atoms with van der Waals surface area (Å²) in [6.45, 7) is 6.67. The summed E-state index contributed by atoms with van der Waals surface area (Å²) in [4.78, 5) is 24.6. The number of carboxylic acid groups (broad SMARTS) is 1. The number of carbonyl (C=O) groups is 2. The highest BCUT2D eigenvalue weighted by Crippen LogP contribution is 2.22. The van der Waals surface area contributed by atoms with E-state index in [0.29, 0.717) is 25.9 Å². The van der Waals surface area contributed by atoms with Gasteiger partial charge in [-0.15, -0.1) is 6.58 Å². The summed E-state index contributed by atoms with van der Waals surface area (Å²) in [6, 6.07) is 0. The molecule has 1 aliphatic rings. The number of likely N-dealkylation sites (tertiary alicyclic amines) is 1. The third-order valence-corrected chi connectivity index (χ3v) is 3.16. The molecule has 2 atom stereocenters. The van der Waals surface area contributed by atoms with Crippen molar-refractivity contribution in [2.45, 2.75) is 32.6 Å². The molecule has 0 saturated carbocycles. The largest absolute Gasteiger partial charge is 0.481 e. The molecular formula is C13H21NO3. The highest BCUT2D eigenvalue weighted by atomic mass is 16.4. The van der Waals surface area contributed by atoms with Gasteiger partial charge in [0.1, 0.15) is 0 Å². The number of allylic oxidation sites excluding steroid dienone is 1. The maximum absolute atomic E-state index is 11.9. The van der Waals surface area contributed by atoms with Crippen LogP contribution in [0.4, 0.5) is 0 Å². The second-order valence-corrected chi connectivity index (χ2v) is 4.86. The molecule has 1 saturated heterocycles. The lowest BCUT2D eigenvalue weighted by Gasteiger charge is -2.34. The van der Waals surface area contributed by atoms with Crippen LogP contribution in [0.1, 0.15) is 32.6 Å². The van der Waals surface area contributed by atoms with E-state index in [0.717, 1.165) is 12.8 Å². The Labute approximate surface area is 102 Å². The van der Waals surface area contributed by atoms with Gasteiger partial charge in [0.15, 0.2) is 0 Å². The first kappa shape index (κ1) is 13.7. The van der Waals surface area contributed by atoms with Crippen LogP contribution in [0, 0.1) is 11.8 Å². The van der Waals surface area contributed by atoms with E-state index in [1.165, 1.54) is 0 Å². The van der Waals surface area contributed by atoms with Crippen LogP contribution in [0.3, 0.4) is 0 Å². The lowest BCUT2D eigenvalue weighted by Crippen LogP contribution is -2.45. The van der Waals surface area contributed by atoms with Crippen LogP contribution in [0.25, 0.3) is 0 Å². The summed E-state index contributed by atoms with van der Waals surface area (Å²) >= 11 is 0. The van der Waals surface area contributed by atoms with Crippen molar-refractivity contribution in [1.82, 2.24) is 4.90 Å². The molecule has 1 heterocycles. The average Bonchev–Trinajstić information content (AvgIpc) is 2.28. The summed E-state index contributed by atoms with van der Waals surface area (Å²) in [5, 5.41) is 9.02. The first-order chi connectivity index (χ1) is 8.04. The van der Waals surface area contributed by atoms with E-state index in [9.17, 15) is 9.59 Å². The van der Waals surface area contributed by atoms with Crippen LogP contribution in [0.15, 0.2) is 12.7 Å². The standard InChI is InChI=1S/C13H21NO3/c1-3-4-5-6-12(15)14-8-10(2)7-11(9-14)13(16)17/h3,10-11H,1,4-9H2,2H3,(H,16,17). The molecule has 0 bridgehead atoms. The van der Waals surface area contributed by atoms with Gasteiger partial charge in [0, 0.05) is 19.5 Å². The van der Waals surface area contributed by atoms with Gasteiger partial charge in [0.25, 0.3) is 0 Å². The number of aliphatic carboxylic acids is 1. The molecule has 17 heavy (non-hydrogen) atoms. The van der Waals surface area contributed by atoms with Crippen molar-refractivity contribution in [1.29, 1.82) is 0 Å². The quantitative estimate of drug-likeness (QED) is 0.589. The van der Waals surface area contributed by atoms with Crippen LogP contribution in [0.5, 0.6) is 0 Å². The molecular weight excluding hydrogens is 218 g/mol. The minimum absolute atomic E-state index is 0.0737. The maximum atomic E-state index is 11.9. The molecule has 0 aromatic heterocycles. The van der Waals surface area contributed by atoms with Gasteiger partial charge < -0.3 is 10.0 Å². The van der Waals surface area contributed by atoms with Gasteiger partial charge in [-0.25, -0.2) is 0 Å². The molecule has 1 amide bonds. The predicted octanol–water partition coefficient (Wildman–Crippen LogP) is 1.91. The molecule has 0 spiro atoms. The third-order valence-electron chi connectivity index (χ3n) is 3.16. The molecule has 1 aliphatic heterocycles. The molecule has 1 N–H and O–H groups in total.